The van der Waals surface area contributed by atoms with Gasteiger partial charge in [0, 0.05) is 47.6 Å². The van der Waals surface area contributed by atoms with E-state index in [1.54, 1.807) is 35.2 Å². The van der Waals surface area contributed by atoms with Gasteiger partial charge in [-0.15, -0.1) is 0 Å². The van der Waals surface area contributed by atoms with Gasteiger partial charge in [-0.3, -0.25) is 0 Å². The summed E-state index contributed by atoms with van der Waals surface area (Å²) in [5.41, 5.74) is 1.52. The van der Waals surface area contributed by atoms with E-state index in [1.807, 2.05) is 0 Å². The zero-order valence-corrected chi connectivity index (χ0v) is 14.3. The minimum Gasteiger partial charge on any atom is -0.368 e. The molecule has 0 radical (unpaired) electrons. The Labute approximate surface area is 149 Å². The van der Waals surface area contributed by atoms with Crippen LogP contribution in [-0.2, 0) is 0 Å². The predicted octanol–water partition coefficient (Wildman–Crippen LogP) is 4.49. The standard InChI is InChI=1S/C17H16Cl2FN3O/c18-12-9-13(19)11-15(10-12)21-17(24)23-7-5-22(6-8-23)16-3-1-14(20)2-4-16/h1-4,9-11H,5-8H2,(H,21,24). The molecule has 24 heavy (non-hydrogen) atoms. The average Bonchev–Trinajstić information content (AvgIpc) is 2.55. The van der Waals surface area contributed by atoms with E-state index in [2.05, 4.69) is 10.2 Å². The Morgan fingerprint density at radius 2 is 1.54 bits per heavy atom. The topological polar surface area (TPSA) is 35.6 Å². The van der Waals surface area contributed by atoms with Crippen molar-refractivity contribution >= 4 is 40.6 Å². The minimum atomic E-state index is -0.253. The summed E-state index contributed by atoms with van der Waals surface area (Å²) in [7, 11) is 0. The van der Waals surface area contributed by atoms with Crippen LogP contribution in [0.3, 0.4) is 0 Å². The van der Waals surface area contributed by atoms with Gasteiger partial charge in [0.2, 0.25) is 0 Å². The Bertz CT molecular complexity index is 711. The Balaban J connectivity index is 1.57. The molecule has 1 N–H and O–H groups in total. The summed E-state index contributed by atoms with van der Waals surface area (Å²) >= 11 is 11.9. The van der Waals surface area contributed by atoms with Crippen LogP contribution in [0.5, 0.6) is 0 Å². The van der Waals surface area contributed by atoms with Crippen molar-refractivity contribution in [2.45, 2.75) is 0 Å². The third-order valence-corrected chi connectivity index (χ3v) is 4.31. The molecule has 2 amide bonds. The lowest BCUT2D eigenvalue weighted by Crippen LogP contribution is -2.50. The summed E-state index contributed by atoms with van der Waals surface area (Å²) in [4.78, 5) is 16.2. The molecule has 7 heteroatoms. The maximum atomic E-state index is 13.0. The number of hydrogen-bond acceptors (Lipinski definition) is 2. The Kier molecular flexibility index (Phi) is 5.11. The molecule has 1 aliphatic rings. The fraction of sp³-hybridized carbons (Fsp3) is 0.235. The summed E-state index contributed by atoms with van der Waals surface area (Å²) < 4.78 is 13.0. The molecule has 0 aromatic heterocycles. The SMILES string of the molecule is O=C(Nc1cc(Cl)cc(Cl)c1)N1CCN(c2ccc(F)cc2)CC1. The van der Waals surface area contributed by atoms with Crippen molar-refractivity contribution in [3.63, 3.8) is 0 Å². The summed E-state index contributed by atoms with van der Waals surface area (Å²) in [5, 5.41) is 3.75. The maximum absolute atomic E-state index is 13.0. The summed E-state index contributed by atoms with van der Waals surface area (Å²) in [6.45, 7) is 2.54. The van der Waals surface area contributed by atoms with Gasteiger partial charge in [-0.05, 0) is 42.5 Å². The van der Waals surface area contributed by atoms with Gasteiger partial charge >= 0.3 is 6.03 Å². The number of benzene rings is 2. The van der Waals surface area contributed by atoms with Gasteiger partial charge in [0.05, 0.1) is 0 Å². The van der Waals surface area contributed by atoms with Crippen LogP contribution in [0, 0.1) is 5.82 Å². The Morgan fingerprint density at radius 1 is 0.958 bits per heavy atom. The van der Waals surface area contributed by atoms with Crippen molar-refractivity contribution in [3.8, 4) is 0 Å². The highest BCUT2D eigenvalue weighted by Gasteiger charge is 2.21. The van der Waals surface area contributed by atoms with E-state index in [0.717, 1.165) is 5.69 Å². The molecule has 0 bridgehead atoms. The highest BCUT2D eigenvalue weighted by molar-refractivity contribution is 6.35. The lowest BCUT2D eigenvalue weighted by molar-refractivity contribution is 0.208. The molecule has 1 aliphatic heterocycles. The average molecular weight is 368 g/mol. The largest absolute Gasteiger partial charge is 0.368 e. The van der Waals surface area contributed by atoms with Crippen molar-refractivity contribution in [2.75, 3.05) is 36.4 Å². The van der Waals surface area contributed by atoms with Gasteiger partial charge in [-0.2, -0.15) is 0 Å². The van der Waals surface area contributed by atoms with Crippen LogP contribution in [-0.4, -0.2) is 37.1 Å². The summed E-state index contributed by atoms with van der Waals surface area (Å²) in [6, 6.07) is 11.1. The third kappa shape index (κ3) is 4.10. The van der Waals surface area contributed by atoms with E-state index in [-0.39, 0.29) is 11.8 Å². The van der Waals surface area contributed by atoms with Gasteiger partial charge in [-0.25, -0.2) is 9.18 Å². The molecule has 0 aliphatic carbocycles. The molecule has 2 aromatic carbocycles. The Hall–Kier alpha value is -1.98. The first-order chi connectivity index (χ1) is 11.5. The van der Waals surface area contributed by atoms with Crippen molar-refractivity contribution in [1.29, 1.82) is 0 Å². The first kappa shape index (κ1) is 16.9. The number of anilines is 2. The van der Waals surface area contributed by atoms with Gasteiger partial charge in [-0.1, -0.05) is 23.2 Å². The fourth-order valence-electron chi connectivity index (χ4n) is 2.65. The van der Waals surface area contributed by atoms with E-state index in [1.165, 1.54) is 12.1 Å². The molecule has 0 unspecified atom stereocenters. The molecule has 4 nitrogen and oxygen atoms in total. The molecule has 126 valence electrons. The number of hydrogen-bond donors (Lipinski definition) is 1. The first-order valence-electron chi connectivity index (χ1n) is 7.54. The number of carbonyl (C=O) groups is 1. The number of rotatable bonds is 2. The van der Waals surface area contributed by atoms with Crippen LogP contribution in [0.4, 0.5) is 20.6 Å². The van der Waals surface area contributed by atoms with Crippen LogP contribution in [0.1, 0.15) is 0 Å². The minimum absolute atomic E-state index is 0.188. The van der Waals surface area contributed by atoms with Crippen molar-refractivity contribution < 1.29 is 9.18 Å². The predicted molar refractivity (Wildman–Crippen MR) is 95.7 cm³/mol. The van der Waals surface area contributed by atoms with Gasteiger partial charge in [0.15, 0.2) is 0 Å². The summed E-state index contributed by atoms with van der Waals surface area (Å²) in [5.74, 6) is -0.253. The number of amides is 2. The maximum Gasteiger partial charge on any atom is 0.321 e. The number of piperazine rings is 1. The monoisotopic (exact) mass is 367 g/mol. The zero-order chi connectivity index (χ0) is 17.1. The van der Waals surface area contributed by atoms with Crippen LogP contribution in [0.25, 0.3) is 0 Å². The first-order valence-corrected chi connectivity index (χ1v) is 8.29. The van der Waals surface area contributed by atoms with E-state index >= 15 is 0 Å². The molecule has 2 aromatic rings. The second-order valence-electron chi connectivity index (χ2n) is 5.54. The smallest absolute Gasteiger partial charge is 0.321 e. The normalized spacial score (nSPS) is 14.6. The molecule has 1 fully saturated rings. The van der Waals surface area contributed by atoms with Crippen LogP contribution in [0.2, 0.25) is 10.0 Å². The number of carbonyl (C=O) groups excluding carboxylic acids is 1. The molecular formula is C17H16Cl2FN3O. The lowest BCUT2D eigenvalue weighted by atomic mass is 10.2. The molecule has 1 heterocycles. The van der Waals surface area contributed by atoms with Crippen molar-refractivity contribution in [3.05, 3.63) is 58.3 Å². The number of urea groups is 1. The third-order valence-electron chi connectivity index (χ3n) is 3.87. The second kappa shape index (κ2) is 7.28. The lowest BCUT2D eigenvalue weighted by Gasteiger charge is -2.36. The zero-order valence-electron chi connectivity index (χ0n) is 12.8. The highest BCUT2D eigenvalue weighted by Crippen LogP contribution is 2.23. The molecule has 0 saturated carbocycles. The number of nitrogens with zero attached hydrogens (tertiary/aromatic N) is 2. The number of halogens is 3. The van der Waals surface area contributed by atoms with E-state index < -0.39 is 0 Å². The molecule has 0 atom stereocenters. The van der Waals surface area contributed by atoms with E-state index in [9.17, 15) is 9.18 Å². The van der Waals surface area contributed by atoms with E-state index in [4.69, 9.17) is 23.2 Å². The summed E-state index contributed by atoms with van der Waals surface area (Å²) in [6.07, 6.45) is 0. The van der Waals surface area contributed by atoms with Gasteiger partial charge < -0.3 is 15.1 Å². The Morgan fingerprint density at radius 3 is 2.12 bits per heavy atom. The van der Waals surface area contributed by atoms with E-state index in [0.29, 0.717) is 41.9 Å². The quantitative estimate of drug-likeness (QED) is 0.848. The van der Waals surface area contributed by atoms with Gasteiger partial charge in [0.25, 0.3) is 0 Å². The molecule has 3 rings (SSSR count). The van der Waals surface area contributed by atoms with Gasteiger partial charge in [0.1, 0.15) is 5.82 Å². The van der Waals surface area contributed by atoms with Crippen molar-refractivity contribution in [1.82, 2.24) is 4.90 Å². The molecular weight excluding hydrogens is 352 g/mol. The molecule has 1 saturated heterocycles. The number of nitrogens with one attached hydrogen (secondary N) is 1. The van der Waals surface area contributed by atoms with Crippen LogP contribution < -0.4 is 10.2 Å². The van der Waals surface area contributed by atoms with Crippen LogP contribution in [0.15, 0.2) is 42.5 Å². The fourth-order valence-corrected chi connectivity index (χ4v) is 3.17. The van der Waals surface area contributed by atoms with Crippen LogP contribution >= 0.6 is 23.2 Å². The molecule has 0 spiro atoms. The highest BCUT2D eigenvalue weighted by atomic mass is 35.5. The van der Waals surface area contributed by atoms with Crippen molar-refractivity contribution in [2.24, 2.45) is 0 Å². The second-order valence-corrected chi connectivity index (χ2v) is 6.41.